The van der Waals surface area contributed by atoms with Crippen LogP contribution in [0.1, 0.15) is 19.3 Å². The molecular formula is C15H18N2O3S. The van der Waals surface area contributed by atoms with Crippen molar-refractivity contribution in [1.82, 2.24) is 0 Å². The highest BCUT2D eigenvalue weighted by atomic mass is 32.2. The number of hydrogen-bond acceptors (Lipinski definition) is 4. The van der Waals surface area contributed by atoms with Gasteiger partial charge in [0.15, 0.2) is 9.84 Å². The molecule has 1 amide bonds. The molecule has 1 aromatic carbocycles. The molecule has 3 aliphatic rings. The second-order valence-electron chi connectivity index (χ2n) is 6.36. The molecule has 1 saturated carbocycles. The van der Waals surface area contributed by atoms with Crippen LogP contribution < -0.4 is 10.2 Å². The van der Waals surface area contributed by atoms with E-state index in [9.17, 15) is 13.2 Å². The van der Waals surface area contributed by atoms with Gasteiger partial charge in [0.2, 0.25) is 5.91 Å². The van der Waals surface area contributed by atoms with E-state index in [1.54, 1.807) is 12.1 Å². The van der Waals surface area contributed by atoms with Crippen LogP contribution in [0.4, 0.5) is 11.4 Å². The number of carbonyl (C=O) groups excluding carboxylic acids is 1. The summed E-state index contributed by atoms with van der Waals surface area (Å²) in [6, 6.07) is 5.11. The Morgan fingerprint density at radius 1 is 1.29 bits per heavy atom. The van der Waals surface area contributed by atoms with Gasteiger partial charge in [0.1, 0.15) is 6.04 Å². The highest BCUT2D eigenvalue weighted by Gasteiger charge is 2.50. The molecule has 2 aliphatic heterocycles. The van der Waals surface area contributed by atoms with Gasteiger partial charge >= 0.3 is 0 Å². The molecular weight excluding hydrogens is 288 g/mol. The third kappa shape index (κ3) is 1.81. The summed E-state index contributed by atoms with van der Waals surface area (Å²) in [6.45, 7) is 0.864. The molecule has 2 fully saturated rings. The monoisotopic (exact) mass is 306 g/mol. The quantitative estimate of drug-likeness (QED) is 0.856. The maximum absolute atomic E-state index is 12.5. The maximum atomic E-state index is 12.5. The van der Waals surface area contributed by atoms with Crippen LogP contribution in [0, 0.1) is 11.8 Å². The van der Waals surface area contributed by atoms with Crippen molar-refractivity contribution in [2.45, 2.75) is 30.2 Å². The molecule has 1 aromatic rings. The number of carbonyl (C=O) groups is 1. The number of hydrogen-bond donors (Lipinski definition) is 1. The van der Waals surface area contributed by atoms with Crippen molar-refractivity contribution in [3.05, 3.63) is 18.2 Å². The molecule has 2 heterocycles. The zero-order chi connectivity index (χ0) is 14.8. The van der Waals surface area contributed by atoms with Crippen LogP contribution in [0.25, 0.3) is 0 Å². The summed E-state index contributed by atoms with van der Waals surface area (Å²) in [5.41, 5.74) is 1.32. The van der Waals surface area contributed by atoms with E-state index in [4.69, 9.17) is 0 Å². The van der Waals surface area contributed by atoms with E-state index in [0.29, 0.717) is 17.5 Å². The highest BCUT2D eigenvalue weighted by molar-refractivity contribution is 7.90. The Hall–Kier alpha value is -1.56. The van der Waals surface area contributed by atoms with Crippen LogP contribution in [0.3, 0.4) is 0 Å². The summed E-state index contributed by atoms with van der Waals surface area (Å²) in [5.74, 6) is 0.932. The molecule has 3 unspecified atom stereocenters. The second-order valence-corrected chi connectivity index (χ2v) is 8.35. The van der Waals surface area contributed by atoms with Crippen molar-refractivity contribution < 1.29 is 13.2 Å². The fraction of sp³-hybridized carbons (Fsp3) is 0.533. The van der Waals surface area contributed by atoms with Crippen molar-refractivity contribution in [3.63, 3.8) is 0 Å². The standard InChI is InChI=1S/C15H18N2O3S/c1-21(19,20)12-7-3-6-11-13(12)16-15(18)14-10-5-2-4-9(10)8-17(11)14/h3,6-7,9-10,14H,2,4-5,8H2,1H3,(H,16,18). The lowest BCUT2D eigenvalue weighted by atomic mass is 9.92. The molecule has 21 heavy (non-hydrogen) atoms. The van der Waals surface area contributed by atoms with Gasteiger partial charge in [-0.2, -0.15) is 0 Å². The first-order valence-corrected chi connectivity index (χ1v) is 9.26. The molecule has 0 spiro atoms. The minimum Gasteiger partial charge on any atom is -0.357 e. The summed E-state index contributed by atoms with van der Waals surface area (Å²) in [4.78, 5) is 14.8. The molecule has 6 heteroatoms. The zero-order valence-corrected chi connectivity index (χ0v) is 12.7. The normalized spacial score (nSPS) is 30.6. The van der Waals surface area contributed by atoms with Crippen LogP contribution >= 0.6 is 0 Å². The Labute approximate surface area is 124 Å². The molecule has 0 radical (unpaired) electrons. The van der Waals surface area contributed by atoms with Gasteiger partial charge in [0, 0.05) is 12.8 Å². The maximum Gasteiger partial charge on any atom is 0.247 e. The molecule has 5 nitrogen and oxygen atoms in total. The smallest absolute Gasteiger partial charge is 0.247 e. The molecule has 112 valence electrons. The lowest BCUT2D eigenvalue weighted by molar-refractivity contribution is -0.118. The predicted molar refractivity (Wildman–Crippen MR) is 80.1 cm³/mol. The number of anilines is 2. The van der Waals surface area contributed by atoms with Crippen molar-refractivity contribution in [2.24, 2.45) is 11.8 Å². The Morgan fingerprint density at radius 3 is 2.86 bits per heavy atom. The fourth-order valence-electron chi connectivity index (χ4n) is 4.28. The lowest BCUT2D eigenvalue weighted by Gasteiger charge is -2.35. The number of nitrogens with zero attached hydrogens (tertiary/aromatic N) is 1. The number of benzene rings is 1. The first-order valence-electron chi connectivity index (χ1n) is 7.37. The Balaban J connectivity index is 1.86. The number of fused-ring (bicyclic) bond motifs is 5. The van der Waals surface area contributed by atoms with Crippen LogP contribution in [0.5, 0.6) is 0 Å². The molecule has 1 N–H and O–H groups in total. The number of sulfone groups is 1. The third-order valence-electron chi connectivity index (χ3n) is 5.12. The van der Waals surface area contributed by atoms with Gasteiger partial charge < -0.3 is 10.2 Å². The van der Waals surface area contributed by atoms with E-state index >= 15 is 0 Å². The second kappa shape index (κ2) is 4.22. The molecule has 1 saturated heterocycles. The van der Waals surface area contributed by atoms with Crippen molar-refractivity contribution in [2.75, 3.05) is 23.0 Å². The minimum absolute atomic E-state index is 0.0481. The van der Waals surface area contributed by atoms with Crippen molar-refractivity contribution in [3.8, 4) is 0 Å². The number of para-hydroxylation sites is 1. The van der Waals surface area contributed by atoms with Gasteiger partial charge in [-0.05, 0) is 36.8 Å². The van der Waals surface area contributed by atoms with E-state index in [1.807, 2.05) is 6.07 Å². The molecule has 4 rings (SSSR count). The first kappa shape index (κ1) is 13.1. The molecule has 1 aliphatic carbocycles. The molecule has 3 atom stereocenters. The van der Waals surface area contributed by atoms with Gasteiger partial charge in [0.25, 0.3) is 0 Å². The number of nitrogens with one attached hydrogen (secondary N) is 1. The predicted octanol–water partition coefficient (Wildman–Crippen LogP) is 1.65. The van der Waals surface area contributed by atoms with E-state index in [1.165, 1.54) is 19.1 Å². The zero-order valence-electron chi connectivity index (χ0n) is 11.9. The van der Waals surface area contributed by atoms with Crippen LogP contribution in [0.15, 0.2) is 23.1 Å². The lowest BCUT2D eigenvalue weighted by Crippen LogP contribution is -2.47. The summed E-state index contributed by atoms with van der Waals surface area (Å²) >= 11 is 0. The van der Waals surface area contributed by atoms with E-state index in [2.05, 4.69) is 10.2 Å². The molecule has 0 bridgehead atoms. The summed E-state index contributed by atoms with van der Waals surface area (Å²) in [7, 11) is -3.36. The van der Waals surface area contributed by atoms with E-state index in [0.717, 1.165) is 18.7 Å². The minimum atomic E-state index is -3.36. The van der Waals surface area contributed by atoms with Crippen molar-refractivity contribution in [1.29, 1.82) is 0 Å². The molecule has 0 aromatic heterocycles. The van der Waals surface area contributed by atoms with Gasteiger partial charge in [0.05, 0.1) is 16.3 Å². The van der Waals surface area contributed by atoms with Crippen LogP contribution in [-0.4, -0.2) is 33.2 Å². The topological polar surface area (TPSA) is 66.5 Å². The largest absolute Gasteiger partial charge is 0.357 e. The Morgan fingerprint density at radius 2 is 2.10 bits per heavy atom. The first-order chi connectivity index (χ1) is 9.97. The average Bonchev–Trinajstić information content (AvgIpc) is 2.96. The van der Waals surface area contributed by atoms with Gasteiger partial charge in [-0.25, -0.2) is 8.42 Å². The third-order valence-corrected chi connectivity index (χ3v) is 6.26. The van der Waals surface area contributed by atoms with Crippen LogP contribution in [-0.2, 0) is 14.6 Å². The summed E-state index contributed by atoms with van der Waals surface area (Å²) < 4.78 is 23.9. The van der Waals surface area contributed by atoms with E-state index in [-0.39, 0.29) is 16.8 Å². The van der Waals surface area contributed by atoms with Gasteiger partial charge in [-0.1, -0.05) is 12.5 Å². The Kier molecular flexibility index (Phi) is 2.64. The summed E-state index contributed by atoms with van der Waals surface area (Å²) in [6.07, 6.45) is 4.65. The number of rotatable bonds is 1. The SMILES string of the molecule is CS(=O)(=O)c1cccc2c1NC(=O)C1C3CCCC3CN21. The highest BCUT2D eigenvalue weighted by Crippen LogP contribution is 2.48. The van der Waals surface area contributed by atoms with Gasteiger partial charge in [-0.15, -0.1) is 0 Å². The van der Waals surface area contributed by atoms with Crippen LogP contribution in [0.2, 0.25) is 0 Å². The van der Waals surface area contributed by atoms with Crippen molar-refractivity contribution >= 4 is 27.1 Å². The van der Waals surface area contributed by atoms with E-state index < -0.39 is 9.84 Å². The van der Waals surface area contributed by atoms with Gasteiger partial charge in [-0.3, -0.25) is 4.79 Å². The number of amides is 1. The summed E-state index contributed by atoms with van der Waals surface area (Å²) in [5, 5.41) is 2.86. The Bertz CT molecular complexity index is 728. The average molecular weight is 306 g/mol. The fourth-order valence-corrected chi connectivity index (χ4v) is 5.13.